The van der Waals surface area contributed by atoms with Crippen molar-refractivity contribution in [2.75, 3.05) is 13.1 Å². The van der Waals surface area contributed by atoms with E-state index >= 15 is 0 Å². The molecule has 0 aromatic carbocycles. The first kappa shape index (κ1) is 30.8. The molecule has 32 heavy (non-hydrogen) atoms. The number of carbonyl (C=O) groups is 1. The van der Waals surface area contributed by atoms with Crippen LogP contribution in [0.3, 0.4) is 0 Å². The Bertz CT molecular complexity index is 393. The summed E-state index contributed by atoms with van der Waals surface area (Å²) in [5, 5.41) is 5.99. The Morgan fingerprint density at radius 2 is 0.781 bits per heavy atom. The van der Waals surface area contributed by atoms with Gasteiger partial charge in [0.2, 0.25) is 0 Å². The number of urea groups is 1. The van der Waals surface area contributed by atoms with Gasteiger partial charge in [0.15, 0.2) is 0 Å². The molecular weight excluding hydrogens is 392 g/mol. The molecule has 0 aliphatic heterocycles. The minimum atomic E-state index is 0.00900. The molecule has 0 aliphatic carbocycles. The summed E-state index contributed by atoms with van der Waals surface area (Å²) in [6, 6.07) is 0.00900. The van der Waals surface area contributed by atoms with Crippen molar-refractivity contribution >= 4 is 6.03 Å². The highest BCUT2D eigenvalue weighted by atomic mass is 16.2. The molecule has 0 bridgehead atoms. The molecule has 0 spiro atoms. The zero-order valence-corrected chi connectivity index (χ0v) is 21.8. The maximum Gasteiger partial charge on any atom is 0.314 e. The summed E-state index contributed by atoms with van der Waals surface area (Å²) in [6.07, 6.45) is 34.8. The van der Waals surface area contributed by atoms with Gasteiger partial charge in [0, 0.05) is 13.1 Å². The Hall–Kier alpha value is -1.25. The molecular formula is C29H56N2O. The van der Waals surface area contributed by atoms with Gasteiger partial charge in [-0.1, -0.05) is 115 Å². The van der Waals surface area contributed by atoms with E-state index in [1.807, 2.05) is 0 Å². The fourth-order valence-corrected chi connectivity index (χ4v) is 3.77. The Morgan fingerprint density at radius 3 is 1.16 bits per heavy atom. The van der Waals surface area contributed by atoms with E-state index < -0.39 is 0 Å². The summed E-state index contributed by atoms with van der Waals surface area (Å²) in [5.74, 6) is 0. The fraction of sp³-hybridized carbons (Fsp3) is 0.828. The van der Waals surface area contributed by atoms with Crippen LogP contribution in [0.15, 0.2) is 24.3 Å². The molecule has 3 nitrogen and oxygen atoms in total. The first-order chi connectivity index (χ1) is 15.8. The maximum absolute atomic E-state index is 11.8. The average Bonchev–Trinajstić information content (AvgIpc) is 2.80. The number of unbranched alkanes of at least 4 members (excludes halogenated alkanes) is 16. The van der Waals surface area contributed by atoms with Gasteiger partial charge in [-0.3, -0.25) is 0 Å². The first-order valence-electron chi connectivity index (χ1n) is 14.1. The van der Waals surface area contributed by atoms with Gasteiger partial charge in [-0.2, -0.15) is 0 Å². The van der Waals surface area contributed by atoms with Gasteiger partial charge in [0.25, 0.3) is 0 Å². The van der Waals surface area contributed by atoms with Crippen LogP contribution in [0.1, 0.15) is 142 Å². The molecule has 2 N–H and O–H groups in total. The predicted molar refractivity (Wildman–Crippen MR) is 143 cm³/mol. The number of hydrogen-bond donors (Lipinski definition) is 2. The van der Waals surface area contributed by atoms with E-state index in [0.29, 0.717) is 0 Å². The van der Waals surface area contributed by atoms with E-state index in [4.69, 9.17) is 0 Å². The highest BCUT2D eigenvalue weighted by Gasteiger charge is 1.99. The SMILES string of the molecule is CCCC/C=C\CCCCCCCCNC(=O)NCCCCCCCC/C=C\CCCC. The summed E-state index contributed by atoms with van der Waals surface area (Å²) < 4.78 is 0. The van der Waals surface area contributed by atoms with Crippen LogP contribution in [-0.2, 0) is 0 Å². The van der Waals surface area contributed by atoms with E-state index in [1.165, 1.54) is 116 Å². The summed E-state index contributed by atoms with van der Waals surface area (Å²) in [4.78, 5) is 11.8. The summed E-state index contributed by atoms with van der Waals surface area (Å²) >= 11 is 0. The van der Waals surface area contributed by atoms with Gasteiger partial charge in [0.05, 0.1) is 0 Å². The zero-order chi connectivity index (χ0) is 23.4. The van der Waals surface area contributed by atoms with Crippen molar-refractivity contribution in [3.8, 4) is 0 Å². The highest BCUT2D eigenvalue weighted by molar-refractivity contribution is 5.73. The van der Waals surface area contributed by atoms with Gasteiger partial charge >= 0.3 is 6.03 Å². The molecule has 2 amide bonds. The second kappa shape index (κ2) is 27.8. The minimum Gasteiger partial charge on any atom is -0.338 e. The number of allylic oxidation sites excluding steroid dienone is 4. The normalized spacial score (nSPS) is 11.6. The number of amides is 2. The third-order valence-electron chi connectivity index (χ3n) is 5.95. The molecule has 0 aromatic rings. The van der Waals surface area contributed by atoms with Crippen molar-refractivity contribution in [2.24, 2.45) is 0 Å². The molecule has 0 saturated heterocycles. The van der Waals surface area contributed by atoms with Gasteiger partial charge in [-0.15, -0.1) is 0 Å². The molecule has 0 aromatic heterocycles. The quantitative estimate of drug-likeness (QED) is 0.112. The lowest BCUT2D eigenvalue weighted by molar-refractivity contribution is 0.240. The summed E-state index contributed by atoms with van der Waals surface area (Å²) in [5.41, 5.74) is 0. The highest BCUT2D eigenvalue weighted by Crippen LogP contribution is 2.09. The average molecular weight is 449 g/mol. The van der Waals surface area contributed by atoms with Crippen LogP contribution >= 0.6 is 0 Å². The fourth-order valence-electron chi connectivity index (χ4n) is 3.77. The Morgan fingerprint density at radius 1 is 0.469 bits per heavy atom. The third-order valence-corrected chi connectivity index (χ3v) is 5.95. The largest absolute Gasteiger partial charge is 0.338 e. The number of hydrogen-bond acceptors (Lipinski definition) is 1. The summed E-state index contributed by atoms with van der Waals surface area (Å²) in [6.45, 7) is 6.10. The molecule has 0 rings (SSSR count). The minimum absolute atomic E-state index is 0.00900. The molecule has 188 valence electrons. The van der Waals surface area contributed by atoms with Crippen LogP contribution in [0.5, 0.6) is 0 Å². The molecule has 0 saturated carbocycles. The van der Waals surface area contributed by atoms with Crippen molar-refractivity contribution < 1.29 is 4.79 Å². The van der Waals surface area contributed by atoms with Crippen LogP contribution in [0.4, 0.5) is 4.79 Å². The van der Waals surface area contributed by atoms with Crippen molar-refractivity contribution in [3.05, 3.63) is 24.3 Å². The van der Waals surface area contributed by atoms with Crippen LogP contribution < -0.4 is 10.6 Å². The predicted octanol–water partition coefficient (Wildman–Crippen LogP) is 9.24. The first-order valence-corrected chi connectivity index (χ1v) is 14.1. The van der Waals surface area contributed by atoms with Gasteiger partial charge in [-0.25, -0.2) is 4.79 Å². The van der Waals surface area contributed by atoms with Crippen molar-refractivity contribution in [1.82, 2.24) is 10.6 Å². The van der Waals surface area contributed by atoms with Crippen molar-refractivity contribution in [2.45, 2.75) is 142 Å². The van der Waals surface area contributed by atoms with Crippen molar-refractivity contribution in [3.63, 3.8) is 0 Å². The molecule has 3 heteroatoms. The monoisotopic (exact) mass is 448 g/mol. The lowest BCUT2D eigenvalue weighted by Crippen LogP contribution is -2.36. The Labute approximate surface area is 201 Å². The standard InChI is InChI=1S/C29H56N2O/c1-3-5-7-9-11-13-15-17-19-21-23-25-27-30-29(32)31-28-26-24-22-20-18-16-14-12-10-8-6-4-2/h9-12H,3-8,13-28H2,1-2H3,(H2,30,31,32)/b11-9-,12-10-. The molecule has 0 heterocycles. The van der Waals surface area contributed by atoms with Gasteiger partial charge < -0.3 is 10.6 Å². The van der Waals surface area contributed by atoms with Crippen LogP contribution in [-0.4, -0.2) is 19.1 Å². The summed E-state index contributed by atoms with van der Waals surface area (Å²) in [7, 11) is 0. The van der Waals surface area contributed by atoms with Crippen LogP contribution in [0.2, 0.25) is 0 Å². The topological polar surface area (TPSA) is 41.1 Å². The number of rotatable bonds is 24. The van der Waals surface area contributed by atoms with Crippen LogP contribution in [0.25, 0.3) is 0 Å². The van der Waals surface area contributed by atoms with E-state index in [0.717, 1.165) is 25.9 Å². The Kier molecular flexibility index (Phi) is 26.7. The van der Waals surface area contributed by atoms with Gasteiger partial charge in [0.1, 0.15) is 0 Å². The van der Waals surface area contributed by atoms with Crippen LogP contribution in [0, 0.1) is 0 Å². The molecule has 0 atom stereocenters. The van der Waals surface area contributed by atoms with Gasteiger partial charge in [-0.05, 0) is 51.4 Å². The van der Waals surface area contributed by atoms with Crippen molar-refractivity contribution in [1.29, 1.82) is 0 Å². The van der Waals surface area contributed by atoms with E-state index in [2.05, 4.69) is 48.8 Å². The molecule has 0 radical (unpaired) electrons. The zero-order valence-electron chi connectivity index (χ0n) is 21.8. The Balaban J connectivity index is 3.21. The second-order valence-corrected chi connectivity index (χ2v) is 9.23. The second-order valence-electron chi connectivity index (χ2n) is 9.23. The lowest BCUT2D eigenvalue weighted by atomic mass is 10.1. The third kappa shape index (κ3) is 26.8. The van der Waals surface area contributed by atoms with E-state index in [1.54, 1.807) is 0 Å². The smallest absolute Gasteiger partial charge is 0.314 e. The lowest BCUT2D eigenvalue weighted by Gasteiger charge is -2.07. The van der Waals surface area contributed by atoms with E-state index in [9.17, 15) is 4.79 Å². The molecule has 0 unspecified atom stereocenters. The molecule has 0 aliphatic rings. The molecule has 0 fully saturated rings. The maximum atomic E-state index is 11.8. The number of nitrogens with one attached hydrogen (secondary N) is 2. The number of carbonyl (C=O) groups excluding carboxylic acids is 1. The van der Waals surface area contributed by atoms with E-state index in [-0.39, 0.29) is 6.03 Å².